The van der Waals surface area contributed by atoms with Gasteiger partial charge in [0.2, 0.25) is 10.0 Å². The highest BCUT2D eigenvalue weighted by molar-refractivity contribution is 7.88. The molecule has 1 heterocycles. The maximum absolute atomic E-state index is 13.1. The Morgan fingerprint density at radius 1 is 1.21 bits per heavy atom. The summed E-state index contributed by atoms with van der Waals surface area (Å²) in [4.78, 5) is 0. The molecular weight excluding hydrogens is 419 g/mol. The van der Waals surface area contributed by atoms with Crippen LogP contribution in [0.4, 0.5) is 4.39 Å². The van der Waals surface area contributed by atoms with Gasteiger partial charge in [-0.15, -0.1) is 5.10 Å². The van der Waals surface area contributed by atoms with Gasteiger partial charge in [-0.3, -0.25) is 4.57 Å². The Morgan fingerprint density at radius 2 is 1.93 bits per heavy atom. The SMILES string of the molecule is CCn1c(Oc2ccc(F)cc2)nnc1[C@@H](C)NS(=O)(=O)Cc1cccc(Cl)c1. The first-order valence-electron chi connectivity index (χ1n) is 8.88. The van der Waals surface area contributed by atoms with E-state index in [-0.39, 0.29) is 17.6 Å². The second kappa shape index (κ2) is 8.89. The molecule has 154 valence electrons. The van der Waals surface area contributed by atoms with E-state index in [1.165, 1.54) is 24.3 Å². The highest BCUT2D eigenvalue weighted by Gasteiger charge is 2.23. The molecule has 0 aliphatic rings. The standard InChI is InChI=1S/C19H20ClFN4O3S/c1-3-25-18(22-23-19(25)28-17-9-7-16(21)8-10-17)13(2)24-29(26,27)12-14-5-4-6-15(20)11-14/h4-11,13,24H,3,12H2,1-2H3/t13-/m1/s1. The van der Waals surface area contributed by atoms with Gasteiger partial charge >= 0.3 is 6.01 Å². The summed E-state index contributed by atoms with van der Waals surface area (Å²) < 4.78 is 48.1. The summed E-state index contributed by atoms with van der Waals surface area (Å²) in [5, 5.41) is 8.54. The van der Waals surface area contributed by atoms with E-state index in [2.05, 4.69) is 14.9 Å². The fourth-order valence-electron chi connectivity index (χ4n) is 2.81. The summed E-state index contributed by atoms with van der Waals surface area (Å²) in [6.07, 6.45) is 0. The number of sulfonamides is 1. The molecule has 3 rings (SSSR count). The third-order valence-electron chi connectivity index (χ3n) is 4.07. The summed E-state index contributed by atoms with van der Waals surface area (Å²) in [6.45, 7) is 3.99. The lowest BCUT2D eigenvalue weighted by molar-refractivity contribution is 0.407. The van der Waals surface area contributed by atoms with E-state index in [9.17, 15) is 12.8 Å². The average molecular weight is 439 g/mol. The number of nitrogens with one attached hydrogen (secondary N) is 1. The monoisotopic (exact) mass is 438 g/mol. The van der Waals surface area contributed by atoms with Crippen LogP contribution in [0.3, 0.4) is 0 Å². The van der Waals surface area contributed by atoms with E-state index >= 15 is 0 Å². The minimum Gasteiger partial charge on any atom is -0.424 e. The molecule has 0 aliphatic heterocycles. The quantitative estimate of drug-likeness (QED) is 0.573. The van der Waals surface area contributed by atoms with Crippen LogP contribution in [0, 0.1) is 5.82 Å². The zero-order chi connectivity index (χ0) is 21.0. The van der Waals surface area contributed by atoms with Gasteiger partial charge in [-0.05, 0) is 55.8 Å². The van der Waals surface area contributed by atoms with Crippen LogP contribution in [0.1, 0.15) is 31.3 Å². The van der Waals surface area contributed by atoms with Gasteiger partial charge in [-0.25, -0.2) is 17.5 Å². The molecule has 0 unspecified atom stereocenters. The van der Waals surface area contributed by atoms with Gasteiger partial charge in [0.1, 0.15) is 11.6 Å². The number of hydrogen-bond donors (Lipinski definition) is 1. The first-order valence-corrected chi connectivity index (χ1v) is 10.9. The number of hydrogen-bond acceptors (Lipinski definition) is 5. The predicted molar refractivity (Wildman–Crippen MR) is 108 cm³/mol. The second-order valence-electron chi connectivity index (χ2n) is 6.37. The van der Waals surface area contributed by atoms with Crippen LogP contribution in [0.2, 0.25) is 5.02 Å². The topological polar surface area (TPSA) is 86.1 Å². The molecule has 0 amide bonds. The molecule has 29 heavy (non-hydrogen) atoms. The Kier molecular flexibility index (Phi) is 6.51. The third kappa shape index (κ3) is 5.53. The highest BCUT2D eigenvalue weighted by atomic mass is 35.5. The van der Waals surface area contributed by atoms with Crippen molar-refractivity contribution >= 4 is 21.6 Å². The fraction of sp³-hybridized carbons (Fsp3) is 0.263. The molecule has 3 aromatic rings. The number of halogens is 2. The summed E-state index contributed by atoms with van der Waals surface area (Å²) in [5.74, 6) is 0.211. The van der Waals surface area contributed by atoms with Crippen LogP contribution in [-0.4, -0.2) is 23.2 Å². The molecule has 0 saturated carbocycles. The van der Waals surface area contributed by atoms with Crippen molar-refractivity contribution < 1.29 is 17.5 Å². The molecule has 2 aromatic carbocycles. The summed E-state index contributed by atoms with van der Waals surface area (Å²) in [7, 11) is -3.65. The Hall–Kier alpha value is -2.49. The first-order chi connectivity index (χ1) is 13.8. The van der Waals surface area contributed by atoms with E-state index in [4.69, 9.17) is 16.3 Å². The van der Waals surface area contributed by atoms with Crippen molar-refractivity contribution in [3.63, 3.8) is 0 Å². The number of rotatable bonds is 8. The average Bonchev–Trinajstić information content (AvgIpc) is 3.05. The lowest BCUT2D eigenvalue weighted by Gasteiger charge is -2.15. The lowest BCUT2D eigenvalue weighted by Crippen LogP contribution is -2.30. The van der Waals surface area contributed by atoms with Crippen molar-refractivity contribution in [2.24, 2.45) is 0 Å². The van der Waals surface area contributed by atoms with Gasteiger partial charge in [-0.1, -0.05) is 28.8 Å². The molecule has 0 saturated heterocycles. The zero-order valence-corrected chi connectivity index (χ0v) is 17.4. The normalized spacial score (nSPS) is 12.7. The number of ether oxygens (including phenoxy) is 1. The van der Waals surface area contributed by atoms with Crippen molar-refractivity contribution in [1.82, 2.24) is 19.5 Å². The Morgan fingerprint density at radius 3 is 2.59 bits per heavy atom. The molecule has 0 radical (unpaired) electrons. The summed E-state index contributed by atoms with van der Waals surface area (Å²) in [5.41, 5.74) is 0.578. The van der Waals surface area contributed by atoms with Gasteiger partial charge in [-0.2, -0.15) is 0 Å². The van der Waals surface area contributed by atoms with Gasteiger partial charge in [0.05, 0.1) is 11.8 Å². The summed E-state index contributed by atoms with van der Waals surface area (Å²) >= 11 is 5.92. The van der Waals surface area contributed by atoms with Gasteiger partial charge < -0.3 is 4.74 Å². The molecule has 7 nitrogen and oxygen atoms in total. The van der Waals surface area contributed by atoms with Crippen LogP contribution in [0.5, 0.6) is 11.8 Å². The molecule has 0 fully saturated rings. The minimum absolute atomic E-state index is 0.190. The van der Waals surface area contributed by atoms with Crippen LogP contribution < -0.4 is 9.46 Å². The smallest absolute Gasteiger partial charge is 0.322 e. The lowest BCUT2D eigenvalue weighted by atomic mass is 10.2. The summed E-state index contributed by atoms with van der Waals surface area (Å²) in [6, 6.07) is 11.7. The molecular formula is C19H20ClFN4O3S. The third-order valence-corrected chi connectivity index (χ3v) is 5.73. The van der Waals surface area contributed by atoms with Gasteiger partial charge in [0.25, 0.3) is 0 Å². The number of benzene rings is 2. The highest BCUT2D eigenvalue weighted by Crippen LogP contribution is 2.24. The van der Waals surface area contributed by atoms with Gasteiger partial charge in [0.15, 0.2) is 5.82 Å². The van der Waals surface area contributed by atoms with Crippen molar-refractivity contribution in [2.45, 2.75) is 32.2 Å². The zero-order valence-electron chi connectivity index (χ0n) is 15.8. The van der Waals surface area contributed by atoms with Crippen LogP contribution >= 0.6 is 11.6 Å². The van der Waals surface area contributed by atoms with E-state index < -0.39 is 16.1 Å². The maximum Gasteiger partial charge on any atom is 0.322 e. The van der Waals surface area contributed by atoms with Crippen molar-refractivity contribution in [2.75, 3.05) is 0 Å². The largest absolute Gasteiger partial charge is 0.424 e. The molecule has 0 aliphatic carbocycles. The Labute approximate surface area is 173 Å². The molecule has 1 aromatic heterocycles. The molecule has 10 heteroatoms. The fourth-order valence-corrected chi connectivity index (χ4v) is 4.37. The van der Waals surface area contributed by atoms with Crippen LogP contribution in [0.15, 0.2) is 48.5 Å². The first kappa shape index (κ1) is 21.2. The molecule has 0 bridgehead atoms. The maximum atomic E-state index is 13.1. The van der Waals surface area contributed by atoms with Crippen LogP contribution in [0.25, 0.3) is 0 Å². The predicted octanol–water partition coefficient (Wildman–Crippen LogP) is 4.06. The Balaban J connectivity index is 1.75. The van der Waals surface area contributed by atoms with Crippen molar-refractivity contribution in [3.05, 3.63) is 70.8 Å². The van der Waals surface area contributed by atoms with E-state index in [1.54, 1.807) is 35.8 Å². The van der Waals surface area contributed by atoms with Crippen molar-refractivity contribution in [1.29, 1.82) is 0 Å². The molecule has 1 N–H and O–H groups in total. The number of nitrogens with zero attached hydrogens (tertiary/aromatic N) is 3. The van der Waals surface area contributed by atoms with E-state index in [1.807, 2.05) is 6.92 Å². The minimum atomic E-state index is -3.65. The van der Waals surface area contributed by atoms with Gasteiger partial charge in [0, 0.05) is 11.6 Å². The second-order valence-corrected chi connectivity index (χ2v) is 8.56. The molecule has 1 atom stereocenters. The van der Waals surface area contributed by atoms with E-state index in [0.717, 1.165) is 0 Å². The van der Waals surface area contributed by atoms with Crippen LogP contribution in [-0.2, 0) is 22.3 Å². The Bertz CT molecular complexity index is 1090. The van der Waals surface area contributed by atoms with E-state index in [0.29, 0.717) is 28.7 Å². The van der Waals surface area contributed by atoms with Crippen molar-refractivity contribution in [3.8, 4) is 11.8 Å². The molecule has 0 spiro atoms. The number of aromatic nitrogens is 3.